The topological polar surface area (TPSA) is 51.7 Å². The van der Waals surface area contributed by atoms with Gasteiger partial charge in [-0.3, -0.25) is 0 Å². The zero-order valence-electron chi connectivity index (χ0n) is 25.3. The molecule has 0 saturated heterocycles. The lowest BCUT2D eigenvalue weighted by atomic mass is 10.1. The Kier molecular flexibility index (Phi) is 14.6. The summed E-state index contributed by atoms with van der Waals surface area (Å²) in [6.45, 7) is 5.63. The second-order valence-corrected chi connectivity index (χ2v) is 11.2. The van der Waals surface area contributed by atoms with Gasteiger partial charge in [0.25, 0.3) is 0 Å². The molecule has 4 N–H and O–H groups in total. The molecule has 0 saturated carbocycles. The number of nitrogens with two attached hydrogens (primary N) is 2. The predicted octanol–water partition coefficient (Wildman–Crippen LogP) is 6.79. The van der Waals surface area contributed by atoms with E-state index in [0.29, 0.717) is 0 Å². The van der Waals surface area contributed by atoms with Crippen LogP contribution in [-0.4, -0.2) is 13.2 Å². The van der Waals surface area contributed by atoms with Crippen LogP contribution in [0.5, 0.6) is 11.5 Å². The van der Waals surface area contributed by atoms with Crippen LogP contribution in [0.1, 0.15) is 73.6 Å². The molecule has 222 valence electrons. The van der Waals surface area contributed by atoms with Crippen LogP contribution in [0.4, 0.5) is 0 Å². The second-order valence-electron chi connectivity index (χ2n) is 11.2. The van der Waals surface area contributed by atoms with Crippen molar-refractivity contribution in [3.63, 3.8) is 0 Å². The molecular weight excluding hydrogens is 516 g/mol. The van der Waals surface area contributed by atoms with E-state index in [1.165, 1.54) is 60.8 Å². The minimum atomic E-state index is 0.809. The van der Waals surface area contributed by atoms with Crippen molar-refractivity contribution in [3.05, 3.63) is 131 Å². The first-order chi connectivity index (χ1) is 20.8. The van der Waals surface area contributed by atoms with Crippen LogP contribution >= 0.6 is 0 Å². The summed E-state index contributed by atoms with van der Waals surface area (Å²) >= 11 is 0. The summed E-state index contributed by atoms with van der Waals surface area (Å²) in [4.78, 5) is 0. The summed E-state index contributed by atoms with van der Waals surface area (Å²) in [5.74, 6) is 1.97. The van der Waals surface area contributed by atoms with E-state index >= 15 is 0 Å². The summed E-state index contributed by atoms with van der Waals surface area (Å²) in [7, 11) is 0. The maximum Gasteiger partial charge on any atom is 0.119 e. The molecule has 0 heterocycles. The van der Waals surface area contributed by atoms with E-state index < -0.39 is 0 Å². The normalized spacial score (nSPS) is 11.0. The lowest BCUT2D eigenvalue weighted by Gasteiger charge is -2.08. The van der Waals surface area contributed by atoms with Crippen LogP contribution < -0.4 is 20.1 Å². The minimum absolute atomic E-state index is 0.809. The third kappa shape index (κ3) is 12.9. The van der Waals surface area contributed by atoms with Crippen molar-refractivity contribution in [3.8, 4) is 11.5 Å². The average Bonchev–Trinajstić information content (AvgIpc) is 3.04. The summed E-state index contributed by atoms with van der Waals surface area (Å²) in [6.07, 6.45) is 9.98. The van der Waals surface area contributed by atoms with Crippen molar-refractivity contribution in [1.82, 2.24) is 0 Å². The van der Waals surface area contributed by atoms with Crippen molar-refractivity contribution in [1.29, 1.82) is 0 Å². The smallest absolute Gasteiger partial charge is 0.119 e. The van der Waals surface area contributed by atoms with E-state index in [9.17, 15) is 0 Å². The molecule has 4 rings (SSSR count). The van der Waals surface area contributed by atoms with Gasteiger partial charge in [0.15, 0.2) is 0 Å². The highest BCUT2D eigenvalue weighted by atomic mass is 16.5. The van der Waals surface area contributed by atoms with Gasteiger partial charge in [0.2, 0.25) is 0 Å². The van der Waals surface area contributed by atoms with Crippen LogP contribution in [0.15, 0.2) is 109 Å². The Hall–Kier alpha value is -3.60. The first-order valence-electron chi connectivity index (χ1n) is 16.0. The van der Waals surface area contributed by atoms with Gasteiger partial charge in [-0.05, 0) is 61.4 Å². The predicted molar refractivity (Wildman–Crippen MR) is 172 cm³/mol. The van der Waals surface area contributed by atoms with Gasteiger partial charge in [-0.2, -0.15) is 0 Å². The summed E-state index contributed by atoms with van der Waals surface area (Å²) < 4.78 is 11.9. The van der Waals surface area contributed by atoms with Crippen LogP contribution in [0, 0.1) is 0 Å². The van der Waals surface area contributed by atoms with E-state index in [-0.39, 0.29) is 0 Å². The molecule has 0 spiro atoms. The van der Waals surface area contributed by atoms with Gasteiger partial charge in [-0.1, -0.05) is 99.2 Å². The molecule has 4 nitrogen and oxygen atoms in total. The van der Waals surface area contributed by atoms with Crippen LogP contribution in [0.2, 0.25) is 0 Å². The number of ether oxygens (including phenoxy) is 2. The van der Waals surface area contributed by atoms with Crippen LogP contribution in [-0.2, 0) is 26.2 Å². The third-order valence-corrected chi connectivity index (χ3v) is 7.63. The Bertz CT molecular complexity index is 1110. The number of hydrogen-bond donors (Lipinski definition) is 2. The van der Waals surface area contributed by atoms with Crippen molar-refractivity contribution < 1.29 is 20.1 Å². The molecule has 0 aliphatic rings. The van der Waals surface area contributed by atoms with Crippen molar-refractivity contribution in [2.75, 3.05) is 13.2 Å². The van der Waals surface area contributed by atoms with Crippen molar-refractivity contribution in [2.45, 2.75) is 77.5 Å². The average molecular weight is 567 g/mol. The van der Waals surface area contributed by atoms with E-state index in [4.69, 9.17) is 9.47 Å². The Morgan fingerprint density at radius 1 is 0.333 bits per heavy atom. The Morgan fingerprint density at radius 3 is 1.00 bits per heavy atom. The van der Waals surface area contributed by atoms with Gasteiger partial charge in [0.1, 0.15) is 37.7 Å². The molecule has 0 unspecified atom stereocenters. The van der Waals surface area contributed by atoms with E-state index in [1.54, 1.807) is 0 Å². The maximum atomic E-state index is 5.96. The van der Waals surface area contributed by atoms with Crippen LogP contribution in [0.3, 0.4) is 0 Å². The lowest BCUT2D eigenvalue weighted by molar-refractivity contribution is -0.686. The molecule has 42 heavy (non-hydrogen) atoms. The second kappa shape index (κ2) is 19.5. The number of unbranched alkanes of at least 4 members (excludes halogenated alkanes) is 7. The lowest BCUT2D eigenvalue weighted by Crippen LogP contribution is -2.80. The molecule has 0 aliphatic heterocycles. The zero-order valence-corrected chi connectivity index (χ0v) is 25.3. The largest absolute Gasteiger partial charge is 0.494 e. The van der Waals surface area contributed by atoms with Gasteiger partial charge in [-0.25, -0.2) is 0 Å². The fourth-order valence-electron chi connectivity index (χ4n) is 5.13. The van der Waals surface area contributed by atoms with Gasteiger partial charge < -0.3 is 20.1 Å². The molecule has 0 amide bonds. The van der Waals surface area contributed by atoms with Gasteiger partial charge in [-0.15, -0.1) is 0 Å². The minimum Gasteiger partial charge on any atom is -0.494 e. The quantitative estimate of drug-likeness (QED) is 0.109. The van der Waals surface area contributed by atoms with E-state index in [2.05, 4.69) is 120 Å². The molecule has 4 aromatic carbocycles. The monoisotopic (exact) mass is 566 g/mol. The summed E-state index contributed by atoms with van der Waals surface area (Å²) in [6, 6.07) is 38.4. The van der Waals surface area contributed by atoms with Gasteiger partial charge >= 0.3 is 0 Å². The highest BCUT2D eigenvalue weighted by Crippen LogP contribution is 2.15. The molecule has 0 bridgehead atoms. The molecule has 4 aromatic rings. The molecule has 0 atom stereocenters. The molecular formula is C38H50N2O2+2. The van der Waals surface area contributed by atoms with Crippen LogP contribution in [0.25, 0.3) is 0 Å². The molecule has 0 fully saturated rings. The van der Waals surface area contributed by atoms with E-state index in [0.717, 1.165) is 63.7 Å². The number of quaternary nitrogens is 2. The Balaban J connectivity index is 0.923. The number of hydrogen-bond acceptors (Lipinski definition) is 2. The number of rotatable bonds is 21. The summed E-state index contributed by atoms with van der Waals surface area (Å²) in [5.41, 5.74) is 5.40. The molecule has 0 radical (unpaired) electrons. The van der Waals surface area contributed by atoms with Gasteiger partial charge in [0, 0.05) is 22.3 Å². The van der Waals surface area contributed by atoms with Crippen molar-refractivity contribution >= 4 is 0 Å². The van der Waals surface area contributed by atoms with Crippen molar-refractivity contribution in [2.24, 2.45) is 0 Å². The zero-order chi connectivity index (χ0) is 28.9. The van der Waals surface area contributed by atoms with E-state index in [1.807, 2.05) is 0 Å². The molecule has 4 heteroatoms. The standard InChI is InChI=1S/C38H48N2O2/c1(3-5-13-27-41-37-23-19-35(20-24-37)31-39-29-33-15-9-7-10-16-33)2-4-6-14-28-42-38-25-21-36(22-26-38)32-40-30-34-17-11-8-12-18-34/h7-12,15-26,39-40H,1-6,13-14,27-32H2/p+2. The fraction of sp³-hybridized carbons (Fsp3) is 0.368. The maximum absolute atomic E-state index is 5.96. The SMILES string of the molecule is c1ccc(C[NH2+]Cc2ccc(OCCCCCCCCCCOc3ccc(C[NH2+]Cc4ccccc4)cc3)cc2)cc1. The first kappa shape index (κ1) is 31.3. The highest BCUT2D eigenvalue weighted by molar-refractivity contribution is 5.27. The first-order valence-corrected chi connectivity index (χ1v) is 16.0. The molecule has 0 aliphatic carbocycles. The van der Waals surface area contributed by atoms with Gasteiger partial charge in [0.05, 0.1) is 13.2 Å². The Morgan fingerprint density at radius 2 is 0.643 bits per heavy atom. The Labute approximate surface area is 253 Å². The third-order valence-electron chi connectivity index (χ3n) is 7.63. The summed E-state index contributed by atoms with van der Waals surface area (Å²) in [5, 5.41) is 4.68. The molecule has 0 aromatic heterocycles. The number of benzene rings is 4. The highest BCUT2D eigenvalue weighted by Gasteiger charge is 2.01. The fourth-order valence-corrected chi connectivity index (χ4v) is 5.13.